The molecule has 0 N–H and O–H groups in total. The molecule has 1 aliphatic heterocycles. The van der Waals surface area contributed by atoms with E-state index >= 15 is 0 Å². The number of halogens is 1. The number of carbonyl (C=O) groups is 2. The lowest BCUT2D eigenvalue weighted by Crippen LogP contribution is -2.45. The van der Waals surface area contributed by atoms with E-state index in [4.69, 9.17) is 9.15 Å². The number of rotatable bonds is 11. The lowest BCUT2D eigenvalue weighted by atomic mass is 10.1. The van der Waals surface area contributed by atoms with Crippen LogP contribution in [0, 0.1) is 15.9 Å². The van der Waals surface area contributed by atoms with Crippen molar-refractivity contribution >= 4 is 34.5 Å². The number of benzene rings is 3. The summed E-state index contributed by atoms with van der Waals surface area (Å²) in [5.41, 5.74) is 1.55. The van der Waals surface area contributed by atoms with Gasteiger partial charge in [-0.25, -0.2) is 4.39 Å². The number of nitrogens with zero attached hydrogens (tertiary/aromatic N) is 3. The lowest BCUT2D eigenvalue weighted by Gasteiger charge is -2.28. The average Bonchev–Trinajstić information content (AvgIpc) is 3.55. The molecule has 44 heavy (non-hydrogen) atoms. The minimum Gasteiger partial charge on any atom is -0.464 e. The Morgan fingerprint density at radius 2 is 1.75 bits per heavy atom. The predicted octanol–water partition coefficient (Wildman–Crippen LogP) is 5.09. The maximum Gasteiger partial charge on any atom is 0.269 e. The van der Waals surface area contributed by atoms with Gasteiger partial charge < -0.3 is 19.0 Å². The Balaban J connectivity index is 1.39. The molecule has 1 saturated heterocycles. The predicted molar refractivity (Wildman–Crippen MR) is 161 cm³/mol. The molecule has 10 nitrogen and oxygen atoms in total. The largest absolute Gasteiger partial charge is 0.464 e. The summed E-state index contributed by atoms with van der Waals surface area (Å²) < 4.78 is 25.0. The summed E-state index contributed by atoms with van der Waals surface area (Å²) in [5.74, 6) is -1.30. The molecule has 0 bridgehead atoms. The van der Waals surface area contributed by atoms with E-state index in [1.165, 1.54) is 64.6 Å². The van der Waals surface area contributed by atoms with Crippen molar-refractivity contribution in [2.75, 3.05) is 19.7 Å². The fraction of sp³-hybridized carbons (Fsp3) is 0.242. The number of nitro groups is 1. The van der Waals surface area contributed by atoms with Crippen LogP contribution in [0.3, 0.4) is 0 Å². The van der Waals surface area contributed by atoms with Gasteiger partial charge in [-0.1, -0.05) is 24.3 Å². The summed E-state index contributed by atoms with van der Waals surface area (Å²) in [7, 11) is 0. The van der Waals surface area contributed by atoms with Crippen LogP contribution in [0.5, 0.6) is 0 Å². The molecule has 0 saturated carbocycles. The van der Waals surface area contributed by atoms with Crippen molar-refractivity contribution in [1.82, 2.24) is 9.80 Å². The van der Waals surface area contributed by atoms with Gasteiger partial charge in [-0.05, 0) is 66.4 Å². The highest BCUT2D eigenvalue weighted by atomic mass is 19.1. The van der Waals surface area contributed by atoms with E-state index in [0.717, 1.165) is 12.8 Å². The van der Waals surface area contributed by atoms with E-state index in [9.17, 15) is 28.9 Å². The number of hydrogen-bond acceptors (Lipinski definition) is 7. The minimum atomic E-state index is -0.507. The van der Waals surface area contributed by atoms with Crippen molar-refractivity contribution in [2.45, 2.75) is 32.0 Å². The number of para-hydroxylation sites is 1. The average molecular weight is 600 g/mol. The first-order chi connectivity index (χ1) is 21.3. The minimum absolute atomic E-state index is 0.0615. The quantitative estimate of drug-likeness (QED) is 0.134. The highest BCUT2D eigenvalue weighted by Gasteiger charge is 2.26. The van der Waals surface area contributed by atoms with E-state index in [2.05, 4.69) is 0 Å². The summed E-state index contributed by atoms with van der Waals surface area (Å²) in [6.45, 7) is 0.407. The second-order valence-electron chi connectivity index (χ2n) is 10.5. The molecule has 1 aromatic heterocycles. The molecule has 3 aromatic carbocycles. The van der Waals surface area contributed by atoms with E-state index in [-0.39, 0.29) is 49.0 Å². The standard InChI is InChI=1S/C33H30FN3O7/c34-26-12-7-24(8-13-26)18-35(19-25-22-44-30-6-2-1-5-29(30)33(25)40)32(39)21-36(20-28-4-3-17-43-28)31(38)16-11-23-9-14-27(15-10-23)37(41)42/h1-2,5-16,22,28H,3-4,17-21H2. The van der Waals surface area contributed by atoms with Crippen LogP contribution in [0.15, 0.2) is 94.3 Å². The third-order valence-corrected chi connectivity index (χ3v) is 7.36. The second kappa shape index (κ2) is 13.9. The van der Waals surface area contributed by atoms with Crippen molar-refractivity contribution < 1.29 is 28.1 Å². The number of carbonyl (C=O) groups excluding carboxylic acids is 2. The van der Waals surface area contributed by atoms with Gasteiger partial charge in [0.1, 0.15) is 17.9 Å². The van der Waals surface area contributed by atoms with Gasteiger partial charge in [-0.2, -0.15) is 0 Å². The third-order valence-electron chi connectivity index (χ3n) is 7.36. The van der Waals surface area contributed by atoms with Crippen molar-refractivity contribution in [2.24, 2.45) is 0 Å². The van der Waals surface area contributed by atoms with Gasteiger partial charge in [0, 0.05) is 37.9 Å². The van der Waals surface area contributed by atoms with Gasteiger partial charge in [0.05, 0.1) is 34.8 Å². The Hall–Kier alpha value is -5.16. The van der Waals surface area contributed by atoms with Crippen LogP contribution < -0.4 is 5.43 Å². The van der Waals surface area contributed by atoms with Crippen LogP contribution in [0.4, 0.5) is 10.1 Å². The normalized spacial score (nSPS) is 14.6. The number of ether oxygens (including phenoxy) is 1. The number of fused-ring (bicyclic) bond motifs is 1. The van der Waals surface area contributed by atoms with E-state index in [1.54, 1.807) is 36.4 Å². The summed E-state index contributed by atoms with van der Waals surface area (Å²) in [6.07, 6.45) is 5.51. The van der Waals surface area contributed by atoms with Crippen LogP contribution in [-0.2, 0) is 27.4 Å². The van der Waals surface area contributed by atoms with Crippen molar-refractivity contribution in [3.05, 3.63) is 128 Å². The van der Waals surface area contributed by atoms with Crippen LogP contribution in [-0.4, -0.2) is 52.3 Å². The zero-order valence-corrected chi connectivity index (χ0v) is 23.8. The first-order valence-corrected chi connectivity index (χ1v) is 14.1. The molecule has 1 unspecified atom stereocenters. The maximum absolute atomic E-state index is 13.9. The fourth-order valence-corrected chi connectivity index (χ4v) is 4.99. The van der Waals surface area contributed by atoms with Crippen LogP contribution in [0.1, 0.15) is 29.5 Å². The zero-order chi connectivity index (χ0) is 31.1. The van der Waals surface area contributed by atoms with Crippen LogP contribution in [0.2, 0.25) is 0 Å². The summed E-state index contributed by atoms with van der Waals surface area (Å²) >= 11 is 0. The molecule has 5 rings (SSSR count). The number of nitro benzene ring substituents is 1. The smallest absolute Gasteiger partial charge is 0.269 e. The zero-order valence-electron chi connectivity index (χ0n) is 23.8. The van der Waals surface area contributed by atoms with Crippen molar-refractivity contribution in [1.29, 1.82) is 0 Å². The lowest BCUT2D eigenvalue weighted by molar-refractivity contribution is -0.384. The molecule has 0 radical (unpaired) electrons. The molecule has 1 atom stereocenters. The summed E-state index contributed by atoms with van der Waals surface area (Å²) in [5, 5.41) is 11.3. The monoisotopic (exact) mass is 599 g/mol. The first-order valence-electron chi connectivity index (χ1n) is 14.1. The Morgan fingerprint density at radius 1 is 1.00 bits per heavy atom. The molecule has 11 heteroatoms. The molecule has 0 spiro atoms. The molecule has 0 aliphatic carbocycles. The third kappa shape index (κ3) is 7.61. The molecule has 2 amide bonds. The van der Waals surface area contributed by atoms with E-state index < -0.39 is 22.6 Å². The van der Waals surface area contributed by atoms with Gasteiger partial charge in [0.15, 0.2) is 5.43 Å². The molecule has 226 valence electrons. The second-order valence-corrected chi connectivity index (χ2v) is 10.5. The number of hydrogen-bond donors (Lipinski definition) is 0. The number of amides is 2. The first kappa shape index (κ1) is 30.3. The maximum atomic E-state index is 13.9. The summed E-state index contributed by atoms with van der Waals surface area (Å²) in [4.78, 5) is 53.8. The van der Waals surface area contributed by atoms with E-state index in [1.807, 2.05) is 0 Å². The SMILES string of the molecule is O=C(C=Cc1ccc([N+](=O)[O-])cc1)N(CC(=O)N(Cc1ccc(F)cc1)Cc1coc2ccccc2c1=O)CC1CCCO1. The Bertz CT molecular complexity index is 1730. The van der Waals surface area contributed by atoms with Crippen molar-refractivity contribution in [3.63, 3.8) is 0 Å². The Morgan fingerprint density at radius 3 is 2.45 bits per heavy atom. The molecule has 1 aliphatic rings. The van der Waals surface area contributed by atoms with Gasteiger partial charge in [-0.3, -0.25) is 24.5 Å². The molecular formula is C33H30FN3O7. The van der Waals surface area contributed by atoms with Crippen LogP contribution in [0.25, 0.3) is 17.0 Å². The molecule has 1 fully saturated rings. The van der Waals surface area contributed by atoms with Gasteiger partial charge in [-0.15, -0.1) is 0 Å². The molecule has 2 heterocycles. The molecule has 4 aromatic rings. The number of non-ortho nitro benzene ring substituents is 1. The highest BCUT2D eigenvalue weighted by Crippen LogP contribution is 2.18. The topological polar surface area (TPSA) is 123 Å². The van der Waals surface area contributed by atoms with Crippen LogP contribution >= 0.6 is 0 Å². The Kier molecular flexibility index (Phi) is 9.56. The van der Waals surface area contributed by atoms with E-state index in [0.29, 0.717) is 28.7 Å². The molecular weight excluding hydrogens is 569 g/mol. The van der Waals surface area contributed by atoms with Crippen molar-refractivity contribution in [3.8, 4) is 0 Å². The highest BCUT2D eigenvalue weighted by molar-refractivity contribution is 5.94. The fourth-order valence-electron chi connectivity index (χ4n) is 4.99. The van der Waals surface area contributed by atoms with Gasteiger partial charge in [0.2, 0.25) is 11.8 Å². The van der Waals surface area contributed by atoms with Gasteiger partial charge in [0.25, 0.3) is 5.69 Å². The summed E-state index contributed by atoms with van der Waals surface area (Å²) in [6, 6.07) is 18.2. The Labute approximate surface area is 252 Å². The van der Waals surface area contributed by atoms with Gasteiger partial charge >= 0.3 is 0 Å².